The topological polar surface area (TPSA) is 75.3 Å². The van der Waals surface area contributed by atoms with Crippen LogP contribution in [0.4, 0.5) is 11.4 Å². The molecule has 0 aliphatic heterocycles. The predicted molar refractivity (Wildman–Crippen MR) is 83.1 cm³/mol. The lowest BCUT2D eigenvalue weighted by atomic mass is 10.0. The van der Waals surface area contributed by atoms with Gasteiger partial charge in [0.1, 0.15) is 0 Å². The largest absolute Gasteiger partial charge is 0.478 e. The second-order valence-electron chi connectivity index (χ2n) is 4.55. The van der Waals surface area contributed by atoms with Crippen LogP contribution in [0.15, 0.2) is 18.2 Å². The molecule has 0 aromatic heterocycles. The Morgan fingerprint density at radius 3 is 2.53 bits per heavy atom. The van der Waals surface area contributed by atoms with E-state index in [-0.39, 0.29) is 10.3 Å². The number of nitrogen functional groups attached to an aromatic ring is 1. The van der Waals surface area contributed by atoms with Gasteiger partial charge in [-0.1, -0.05) is 13.8 Å². The lowest BCUT2D eigenvalue weighted by Crippen LogP contribution is -2.32. The molecule has 4 N–H and O–H groups in total. The molecular formula is C14H22N2O2S. The summed E-state index contributed by atoms with van der Waals surface area (Å²) in [6, 6.07) is 5.04. The Morgan fingerprint density at radius 1 is 1.42 bits per heavy atom. The SMILES string of the molecule is CCC(CC)(CNc1ccc(N)c(C(=O)O)c1)SC. The minimum absolute atomic E-state index is 0.146. The quantitative estimate of drug-likeness (QED) is 0.669. The molecule has 0 saturated heterocycles. The number of hydrogen-bond donors (Lipinski definition) is 3. The summed E-state index contributed by atoms with van der Waals surface area (Å²) in [7, 11) is 0. The molecule has 0 bridgehead atoms. The standard InChI is InChI=1S/C14H22N2O2S/c1-4-14(5-2,19-3)9-16-10-6-7-12(15)11(8-10)13(17)18/h6-8,16H,4-5,9,15H2,1-3H3,(H,17,18). The first-order valence-electron chi connectivity index (χ1n) is 6.40. The molecule has 0 amide bonds. The maximum absolute atomic E-state index is 11.0. The molecule has 0 aliphatic rings. The third kappa shape index (κ3) is 3.80. The van der Waals surface area contributed by atoms with Gasteiger partial charge in [-0.15, -0.1) is 0 Å². The Bertz CT molecular complexity index is 437. The van der Waals surface area contributed by atoms with Gasteiger partial charge in [0.15, 0.2) is 0 Å². The van der Waals surface area contributed by atoms with E-state index in [1.54, 1.807) is 12.1 Å². The molecule has 4 nitrogen and oxygen atoms in total. The second-order valence-corrected chi connectivity index (χ2v) is 5.83. The van der Waals surface area contributed by atoms with E-state index in [0.717, 1.165) is 25.1 Å². The van der Waals surface area contributed by atoms with Crippen LogP contribution in [0.3, 0.4) is 0 Å². The number of carbonyl (C=O) groups is 1. The van der Waals surface area contributed by atoms with Gasteiger partial charge in [0.2, 0.25) is 0 Å². The van der Waals surface area contributed by atoms with Crippen LogP contribution >= 0.6 is 11.8 Å². The molecule has 0 radical (unpaired) electrons. The number of carboxylic acid groups (broad SMARTS) is 1. The summed E-state index contributed by atoms with van der Waals surface area (Å²) in [6.45, 7) is 5.16. The van der Waals surface area contributed by atoms with E-state index in [4.69, 9.17) is 10.8 Å². The zero-order valence-electron chi connectivity index (χ0n) is 11.7. The highest BCUT2D eigenvalue weighted by molar-refractivity contribution is 8.00. The Balaban J connectivity index is 2.83. The molecule has 0 aliphatic carbocycles. The first-order chi connectivity index (χ1) is 8.98. The third-order valence-electron chi connectivity index (χ3n) is 3.62. The Hall–Kier alpha value is -1.36. The van der Waals surface area contributed by atoms with Crippen molar-refractivity contribution in [2.24, 2.45) is 0 Å². The van der Waals surface area contributed by atoms with E-state index in [0.29, 0.717) is 5.69 Å². The van der Waals surface area contributed by atoms with Gasteiger partial charge in [-0.3, -0.25) is 0 Å². The minimum Gasteiger partial charge on any atom is -0.478 e. The number of nitrogens with one attached hydrogen (secondary N) is 1. The molecule has 106 valence electrons. The van der Waals surface area contributed by atoms with E-state index in [1.165, 1.54) is 0 Å². The van der Waals surface area contributed by atoms with E-state index in [1.807, 2.05) is 17.8 Å². The summed E-state index contributed by atoms with van der Waals surface area (Å²) in [5.74, 6) is -0.997. The first kappa shape index (κ1) is 15.7. The van der Waals surface area contributed by atoms with Crippen LogP contribution in [-0.4, -0.2) is 28.6 Å². The van der Waals surface area contributed by atoms with Crippen molar-refractivity contribution in [3.8, 4) is 0 Å². The van der Waals surface area contributed by atoms with Crippen LogP contribution in [0.5, 0.6) is 0 Å². The highest BCUT2D eigenvalue weighted by Crippen LogP contribution is 2.31. The smallest absolute Gasteiger partial charge is 0.337 e. The van der Waals surface area contributed by atoms with Gasteiger partial charge in [-0.25, -0.2) is 4.79 Å². The van der Waals surface area contributed by atoms with E-state index in [9.17, 15) is 4.79 Å². The molecular weight excluding hydrogens is 260 g/mol. The third-order valence-corrected chi connectivity index (χ3v) is 5.21. The number of carboxylic acids is 1. The summed E-state index contributed by atoms with van der Waals surface area (Å²) in [4.78, 5) is 11.0. The molecule has 0 atom stereocenters. The number of hydrogen-bond acceptors (Lipinski definition) is 4. The predicted octanol–water partition coefficient (Wildman–Crippen LogP) is 3.30. The zero-order chi connectivity index (χ0) is 14.5. The van der Waals surface area contributed by atoms with Crippen LogP contribution in [0.2, 0.25) is 0 Å². The summed E-state index contributed by atoms with van der Waals surface area (Å²) in [5, 5.41) is 12.4. The van der Waals surface area contributed by atoms with Crippen LogP contribution in [-0.2, 0) is 0 Å². The molecule has 0 fully saturated rings. The number of benzene rings is 1. The van der Waals surface area contributed by atoms with Crippen LogP contribution in [0, 0.1) is 0 Å². The van der Waals surface area contributed by atoms with Crippen LogP contribution in [0.1, 0.15) is 37.0 Å². The van der Waals surface area contributed by atoms with Gasteiger partial charge in [-0.2, -0.15) is 11.8 Å². The lowest BCUT2D eigenvalue weighted by molar-refractivity contribution is 0.0698. The number of nitrogens with two attached hydrogens (primary N) is 1. The average Bonchev–Trinajstić information content (AvgIpc) is 2.42. The molecule has 0 heterocycles. The molecule has 0 spiro atoms. The van der Waals surface area contributed by atoms with Gasteiger partial charge in [-0.05, 0) is 37.3 Å². The van der Waals surface area contributed by atoms with Crippen LogP contribution < -0.4 is 11.1 Å². The maximum Gasteiger partial charge on any atom is 0.337 e. The van der Waals surface area contributed by atoms with E-state index in [2.05, 4.69) is 25.4 Å². The van der Waals surface area contributed by atoms with Gasteiger partial charge >= 0.3 is 5.97 Å². The fourth-order valence-corrected chi connectivity index (χ4v) is 2.77. The number of rotatable bonds is 7. The molecule has 0 saturated carbocycles. The molecule has 1 rings (SSSR count). The van der Waals surface area contributed by atoms with Crippen molar-refractivity contribution in [1.29, 1.82) is 0 Å². The zero-order valence-corrected chi connectivity index (χ0v) is 12.5. The van der Waals surface area contributed by atoms with Crippen molar-refractivity contribution in [3.05, 3.63) is 23.8 Å². The first-order valence-corrected chi connectivity index (χ1v) is 7.62. The molecule has 5 heteroatoms. The highest BCUT2D eigenvalue weighted by Gasteiger charge is 2.24. The number of anilines is 2. The average molecular weight is 282 g/mol. The van der Waals surface area contributed by atoms with Gasteiger partial charge in [0.25, 0.3) is 0 Å². The summed E-state index contributed by atoms with van der Waals surface area (Å²) < 4.78 is 0.185. The van der Waals surface area contributed by atoms with Crippen molar-refractivity contribution >= 4 is 29.1 Å². The Kier molecular flexibility index (Phi) is 5.54. The van der Waals surface area contributed by atoms with Gasteiger partial charge in [0, 0.05) is 22.7 Å². The van der Waals surface area contributed by atoms with E-state index < -0.39 is 5.97 Å². The lowest BCUT2D eigenvalue weighted by Gasteiger charge is -2.30. The van der Waals surface area contributed by atoms with E-state index >= 15 is 0 Å². The minimum atomic E-state index is -0.997. The maximum atomic E-state index is 11.0. The Morgan fingerprint density at radius 2 is 2.05 bits per heavy atom. The summed E-state index contributed by atoms with van der Waals surface area (Å²) in [6.07, 6.45) is 4.25. The Labute approximate surface area is 118 Å². The highest BCUT2D eigenvalue weighted by atomic mass is 32.2. The fraction of sp³-hybridized carbons (Fsp3) is 0.500. The monoisotopic (exact) mass is 282 g/mol. The van der Waals surface area contributed by atoms with Gasteiger partial charge < -0.3 is 16.2 Å². The number of thioether (sulfide) groups is 1. The molecule has 19 heavy (non-hydrogen) atoms. The second kappa shape index (κ2) is 6.70. The molecule has 0 unspecified atom stereocenters. The molecule has 1 aromatic carbocycles. The van der Waals surface area contributed by atoms with Crippen molar-refractivity contribution < 1.29 is 9.90 Å². The van der Waals surface area contributed by atoms with Gasteiger partial charge in [0.05, 0.1) is 5.56 Å². The number of aromatic carboxylic acids is 1. The fourth-order valence-electron chi connectivity index (χ4n) is 1.98. The van der Waals surface area contributed by atoms with Crippen molar-refractivity contribution in [2.75, 3.05) is 23.9 Å². The van der Waals surface area contributed by atoms with Crippen LogP contribution in [0.25, 0.3) is 0 Å². The molecule has 1 aromatic rings. The van der Waals surface area contributed by atoms with Crippen molar-refractivity contribution in [2.45, 2.75) is 31.4 Å². The van der Waals surface area contributed by atoms with Crippen molar-refractivity contribution in [3.63, 3.8) is 0 Å². The van der Waals surface area contributed by atoms with Crippen molar-refractivity contribution in [1.82, 2.24) is 0 Å². The summed E-state index contributed by atoms with van der Waals surface area (Å²) in [5.41, 5.74) is 6.87. The summed E-state index contributed by atoms with van der Waals surface area (Å²) >= 11 is 1.85. The normalized spacial score (nSPS) is 11.3.